The number of hydrogen-bond donors (Lipinski definition) is 2. The zero-order valence-corrected chi connectivity index (χ0v) is 10.4. The topological polar surface area (TPSA) is 81.4 Å². The number of rotatable bonds is 6. The van der Waals surface area contributed by atoms with Gasteiger partial charge in [-0.05, 0) is 25.2 Å². The zero-order chi connectivity index (χ0) is 12.7. The summed E-state index contributed by atoms with van der Waals surface area (Å²) in [5, 5.41) is 2.65. The standard InChI is InChI=1S/C12H22N2O3/c1-2-9-4-3-5-10(6-9)17-12(16)8-14-7-11(13)15/h9-10,14H,2-8H2,1H3,(H2,13,15). The normalized spacial score (nSPS) is 24.3. The molecule has 0 saturated heterocycles. The third-order valence-corrected chi connectivity index (χ3v) is 3.18. The number of ether oxygens (including phenoxy) is 1. The van der Waals surface area contributed by atoms with E-state index in [2.05, 4.69) is 12.2 Å². The number of hydrogen-bond acceptors (Lipinski definition) is 4. The molecule has 1 saturated carbocycles. The van der Waals surface area contributed by atoms with E-state index in [-0.39, 0.29) is 25.2 Å². The van der Waals surface area contributed by atoms with E-state index in [1.165, 1.54) is 6.42 Å². The molecule has 0 radical (unpaired) electrons. The number of carbonyl (C=O) groups excluding carboxylic acids is 2. The van der Waals surface area contributed by atoms with Gasteiger partial charge in [0.05, 0.1) is 13.1 Å². The van der Waals surface area contributed by atoms with Gasteiger partial charge >= 0.3 is 5.97 Å². The summed E-state index contributed by atoms with van der Waals surface area (Å²) in [5.74, 6) is -0.0883. The summed E-state index contributed by atoms with van der Waals surface area (Å²) in [6, 6.07) is 0. The Balaban J connectivity index is 2.19. The van der Waals surface area contributed by atoms with Gasteiger partial charge in [0.2, 0.25) is 5.91 Å². The molecule has 1 amide bonds. The fraction of sp³-hybridized carbons (Fsp3) is 0.833. The van der Waals surface area contributed by atoms with Crippen molar-refractivity contribution >= 4 is 11.9 Å². The molecule has 0 aromatic rings. The second kappa shape index (κ2) is 7.27. The maximum atomic E-state index is 11.5. The van der Waals surface area contributed by atoms with Crippen molar-refractivity contribution < 1.29 is 14.3 Å². The van der Waals surface area contributed by atoms with Crippen LogP contribution >= 0.6 is 0 Å². The first-order valence-electron chi connectivity index (χ1n) is 6.30. The molecule has 5 heteroatoms. The van der Waals surface area contributed by atoms with Gasteiger partial charge in [0.1, 0.15) is 6.10 Å². The van der Waals surface area contributed by atoms with Crippen molar-refractivity contribution in [2.45, 2.75) is 45.1 Å². The van der Waals surface area contributed by atoms with Crippen LogP contribution in [0.3, 0.4) is 0 Å². The lowest BCUT2D eigenvalue weighted by molar-refractivity contribution is -0.150. The fourth-order valence-corrected chi connectivity index (χ4v) is 2.23. The quantitative estimate of drug-likeness (QED) is 0.667. The fourth-order valence-electron chi connectivity index (χ4n) is 2.23. The monoisotopic (exact) mass is 242 g/mol. The summed E-state index contributed by atoms with van der Waals surface area (Å²) in [6.07, 6.45) is 5.50. The van der Waals surface area contributed by atoms with Crippen LogP contribution in [0.25, 0.3) is 0 Å². The van der Waals surface area contributed by atoms with Crippen LogP contribution in [0.4, 0.5) is 0 Å². The molecule has 98 valence electrons. The maximum Gasteiger partial charge on any atom is 0.320 e. The van der Waals surface area contributed by atoms with Crippen LogP contribution in [0, 0.1) is 5.92 Å². The van der Waals surface area contributed by atoms with Crippen LogP contribution in [-0.4, -0.2) is 31.1 Å². The molecule has 1 aliphatic carbocycles. The first kappa shape index (κ1) is 14.0. The highest BCUT2D eigenvalue weighted by molar-refractivity contribution is 5.77. The van der Waals surface area contributed by atoms with E-state index in [9.17, 15) is 9.59 Å². The number of nitrogens with two attached hydrogens (primary N) is 1. The van der Waals surface area contributed by atoms with Crippen molar-refractivity contribution in [2.24, 2.45) is 11.7 Å². The molecule has 1 fully saturated rings. The molecular formula is C12H22N2O3. The summed E-state index contributed by atoms with van der Waals surface area (Å²) >= 11 is 0. The Morgan fingerprint density at radius 2 is 2.12 bits per heavy atom. The summed E-state index contributed by atoms with van der Waals surface area (Å²) in [7, 11) is 0. The van der Waals surface area contributed by atoms with Crippen molar-refractivity contribution in [3.63, 3.8) is 0 Å². The van der Waals surface area contributed by atoms with Crippen LogP contribution < -0.4 is 11.1 Å². The van der Waals surface area contributed by atoms with Crippen LogP contribution in [0.5, 0.6) is 0 Å². The molecule has 0 bridgehead atoms. The molecule has 0 heterocycles. The number of carbonyl (C=O) groups is 2. The van der Waals surface area contributed by atoms with Gasteiger partial charge < -0.3 is 10.5 Å². The van der Waals surface area contributed by atoms with E-state index >= 15 is 0 Å². The van der Waals surface area contributed by atoms with Crippen molar-refractivity contribution in [3.8, 4) is 0 Å². The third-order valence-electron chi connectivity index (χ3n) is 3.18. The molecule has 0 spiro atoms. The minimum Gasteiger partial charge on any atom is -0.461 e. The molecule has 2 unspecified atom stereocenters. The van der Waals surface area contributed by atoms with Gasteiger partial charge in [-0.25, -0.2) is 0 Å². The Labute approximate surface area is 102 Å². The summed E-state index contributed by atoms with van der Waals surface area (Å²) < 4.78 is 5.35. The van der Waals surface area contributed by atoms with E-state index < -0.39 is 5.91 Å². The van der Waals surface area contributed by atoms with Crippen molar-refractivity contribution in [1.29, 1.82) is 0 Å². The minimum absolute atomic E-state index is 0.0113. The van der Waals surface area contributed by atoms with Crippen LogP contribution in [-0.2, 0) is 14.3 Å². The second-order valence-electron chi connectivity index (χ2n) is 4.62. The molecule has 1 aliphatic rings. The Morgan fingerprint density at radius 3 is 2.76 bits per heavy atom. The van der Waals surface area contributed by atoms with Gasteiger partial charge in [-0.2, -0.15) is 0 Å². The van der Waals surface area contributed by atoms with Crippen LogP contribution in [0.15, 0.2) is 0 Å². The average molecular weight is 242 g/mol. The van der Waals surface area contributed by atoms with Crippen LogP contribution in [0.1, 0.15) is 39.0 Å². The van der Waals surface area contributed by atoms with Gasteiger partial charge in [-0.3, -0.25) is 14.9 Å². The van der Waals surface area contributed by atoms with Crippen molar-refractivity contribution in [3.05, 3.63) is 0 Å². The number of primary amides is 1. The maximum absolute atomic E-state index is 11.5. The molecular weight excluding hydrogens is 220 g/mol. The van der Waals surface area contributed by atoms with Gasteiger partial charge in [0.25, 0.3) is 0 Å². The SMILES string of the molecule is CCC1CCCC(OC(=O)CNCC(N)=O)C1. The number of esters is 1. The highest BCUT2D eigenvalue weighted by atomic mass is 16.5. The summed E-state index contributed by atoms with van der Waals surface area (Å²) in [4.78, 5) is 21.9. The molecule has 2 atom stereocenters. The van der Waals surface area contributed by atoms with E-state index in [1.807, 2.05) is 0 Å². The Hall–Kier alpha value is -1.10. The van der Waals surface area contributed by atoms with Crippen LogP contribution in [0.2, 0.25) is 0 Å². The molecule has 0 aliphatic heterocycles. The molecule has 17 heavy (non-hydrogen) atoms. The zero-order valence-electron chi connectivity index (χ0n) is 10.4. The largest absolute Gasteiger partial charge is 0.461 e. The lowest BCUT2D eigenvalue weighted by Gasteiger charge is -2.28. The molecule has 3 N–H and O–H groups in total. The van der Waals surface area contributed by atoms with E-state index in [0.29, 0.717) is 5.92 Å². The smallest absolute Gasteiger partial charge is 0.320 e. The van der Waals surface area contributed by atoms with Crippen molar-refractivity contribution in [2.75, 3.05) is 13.1 Å². The first-order chi connectivity index (χ1) is 8.11. The highest BCUT2D eigenvalue weighted by Gasteiger charge is 2.23. The predicted octanol–water partition coefficient (Wildman–Crippen LogP) is 0.573. The van der Waals surface area contributed by atoms with Gasteiger partial charge in [0, 0.05) is 0 Å². The molecule has 0 aromatic carbocycles. The Bertz CT molecular complexity index is 268. The van der Waals surface area contributed by atoms with E-state index in [0.717, 1.165) is 25.7 Å². The average Bonchev–Trinajstić information content (AvgIpc) is 2.28. The van der Waals surface area contributed by atoms with E-state index in [4.69, 9.17) is 10.5 Å². The predicted molar refractivity (Wildman–Crippen MR) is 64.2 cm³/mol. The minimum atomic E-state index is -0.471. The molecule has 5 nitrogen and oxygen atoms in total. The summed E-state index contributed by atoms with van der Waals surface area (Å²) in [6.45, 7) is 2.23. The molecule has 1 rings (SSSR count). The number of amides is 1. The Morgan fingerprint density at radius 1 is 1.35 bits per heavy atom. The van der Waals surface area contributed by atoms with Gasteiger partial charge in [0.15, 0.2) is 0 Å². The Kier molecular flexibility index (Phi) is 5.97. The third kappa shape index (κ3) is 5.68. The lowest BCUT2D eigenvalue weighted by Crippen LogP contribution is -2.35. The van der Waals surface area contributed by atoms with E-state index in [1.54, 1.807) is 0 Å². The second-order valence-corrected chi connectivity index (χ2v) is 4.62. The number of nitrogens with one attached hydrogen (secondary N) is 1. The van der Waals surface area contributed by atoms with Crippen molar-refractivity contribution in [1.82, 2.24) is 5.32 Å². The van der Waals surface area contributed by atoms with Gasteiger partial charge in [-0.15, -0.1) is 0 Å². The van der Waals surface area contributed by atoms with Gasteiger partial charge in [-0.1, -0.05) is 19.8 Å². The lowest BCUT2D eigenvalue weighted by atomic mass is 9.85. The first-order valence-corrected chi connectivity index (χ1v) is 6.30. The highest BCUT2D eigenvalue weighted by Crippen LogP contribution is 2.28. The summed E-state index contributed by atoms with van der Waals surface area (Å²) in [5.41, 5.74) is 4.95. The molecule has 0 aromatic heterocycles.